The van der Waals surface area contributed by atoms with Crippen molar-refractivity contribution in [2.24, 2.45) is 4.99 Å². The largest absolute Gasteiger partial charge is 0.443 e. The Kier molecular flexibility index (Phi) is 7.08. The molecular formula is C30H29N5O5. The van der Waals surface area contributed by atoms with Gasteiger partial charge in [0.2, 0.25) is 0 Å². The molecule has 0 saturated heterocycles. The van der Waals surface area contributed by atoms with E-state index in [0.717, 1.165) is 11.1 Å². The van der Waals surface area contributed by atoms with Crippen LogP contribution in [0.25, 0.3) is 11.3 Å². The van der Waals surface area contributed by atoms with Gasteiger partial charge >= 0.3 is 6.09 Å². The predicted molar refractivity (Wildman–Crippen MR) is 154 cm³/mol. The molecule has 0 aromatic heterocycles. The molecule has 0 radical (unpaired) electrons. The van der Waals surface area contributed by atoms with E-state index in [1.165, 1.54) is 12.1 Å². The van der Waals surface area contributed by atoms with Crippen molar-refractivity contribution in [3.63, 3.8) is 0 Å². The highest BCUT2D eigenvalue weighted by Crippen LogP contribution is 2.39. The number of aliphatic imine (C=N–C) groups is 1. The lowest BCUT2D eigenvalue weighted by Crippen LogP contribution is -2.39. The van der Waals surface area contributed by atoms with Crippen molar-refractivity contribution in [1.82, 2.24) is 4.90 Å². The van der Waals surface area contributed by atoms with Gasteiger partial charge in [-0.2, -0.15) is 0 Å². The summed E-state index contributed by atoms with van der Waals surface area (Å²) in [6.45, 7) is 6.46. The van der Waals surface area contributed by atoms with Crippen LogP contribution in [0.3, 0.4) is 0 Å². The second-order valence-electron chi connectivity index (χ2n) is 10.5. The topological polar surface area (TPSA) is 126 Å². The number of rotatable bonds is 6. The van der Waals surface area contributed by atoms with Crippen molar-refractivity contribution in [1.29, 1.82) is 0 Å². The monoisotopic (exact) mass is 539 g/mol. The molecule has 2 heterocycles. The Morgan fingerprint density at radius 3 is 2.60 bits per heavy atom. The number of carbonyl (C=O) groups excluding carboxylic acids is 2. The fourth-order valence-corrected chi connectivity index (χ4v) is 4.65. The van der Waals surface area contributed by atoms with E-state index in [-0.39, 0.29) is 11.6 Å². The zero-order valence-corrected chi connectivity index (χ0v) is 22.4. The van der Waals surface area contributed by atoms with Gasteiger partial charge in [0.15, 0.2) is 0 Å². The van der Waals surface area contributed by atoms with Gasteiger partial charge in [-0.25, -0.2) is 4.79 Å². The van der Waals surface area contributed by atoms with Crippen LogP contribution in [0.2, 0.25) is 0 Å². The zero-order valence-electron chi connectivity index (χ0n) is 22.4. The van der Waals surface area contributed by atoms with Crippen molar-refractivity contribution in [3.05, 3.63) is 99.6 Å². The average Bonchev–Trinajstić information content (AvgIpc) is 3.50. The normalized spacial score (nSPS) is 15.7. The minimum atomic E-state index is -0.610. The molecule has 0 saturated carbocycles. The third kappa shape index (κ3) is 5.70. The molecule has 0 unspecified atom stereocenters. The third-order valence-electron chi connectivity index (χ3n) is 6.37. The van der Waals surface area contributed by atoms with Gasteiger partial charge in [-0.15, -0.1) is 0 Å². The summed E-state index contributed by atoms with van der Waals surface area (Å²) < 4.78 is 5.54. The zero-order chi connectivity index (χ0) is 28.4. The summed E-state index contributed by atoms with van der Waals surface area (Å²) in [7, 11) is 0. The van der Waals surface area contributed by atoms with E-state index in [1.54, 1.807) is 11.0 Å². The first kappa shape index (κ1) is 26.6. The molecule has 10 nitrogen and oxygen atoms in total. The van der Waals surface area contributed by atoms with E-state index in [9.17, 15) is 19.7 Å². The van der Waals surface area contributed by atoms with Crippen LogP contribution in [0.15, 0.2) is 77.8 Å². The summed E-state index contributed by atoms with van der Waals surface area (Å²) >= 11 is 0. The lowest BCUT2D eigenvalue weighted by atomic mass is 9.99. The Balaban J connectivity index is 1.48. The summed E-state index contributed by atoms with van der Waals surface area (Å²) in [5.74, 6) is 0.274. The first-order valence-electron chi connectivity index (χ1n) is 12.9. The third-order valence-corrected chi connectivity index (χ3v) is 6.37. The molecule has 2 amide bonds. The van der Waals surface area contributed by atoms with Gasteiger partial charge in [0.1, 0.15) is 11.4 Å². The number of hydrogen-bond donors (Lipinski definition) is 2. The summed E-state index contributed by atoms with van der Waals surface area (Å²) in [6.07, 6.45) is -0.00393. The molecule has 2 aliphatic heterocycles. The molecule has 204 valence electrons. The highest BCUT2D eigenvalue weighted by atomic mass is 16.6. The van der Waals surface area contributed by atoms with E-state index in [4.69, 9.17) is 4.74 Å². The van der Waals surface area contributed by atoms with Crippen molar-refractivity contribution in [2.45, 2.75) is 32.8 Å². The molecule has 3 aromatic carbocycles. The molecule has 0 aliphatic carbocycles. The van der Waals surface area contributed by atoms with Crippen molar-refractivity contribution < 1.29 is 19.2 Å². The van der Waals surface area contributed by atoms with Crippen LogP contribution in [0.5, 0.6) is 0 Å². The number of ether oxygens (including phenoxy) is 1. The molecule has 0 spiro atoms. The Hall–Kier alpha value is -4.99. The van der Waals surface area contributed by atoms with Crippen LogP contribution in [0.1, 0.15) is 37.5 Å². The predicted octanol–water partition coefficient (Wildman–Crippen LogP) is 5.72. The van der Waals surface area contributed by atoms with E-state index < -0.39 is 16.6 Å². The summed E-state index contributed by atoms with van der Waals surface area (Å²) in [6, 6.07) is 21.3. The Morgan fingerprint density at radius 1 is 1.10 bits per heavy atom. The number of amides is 2. The summed E-state index contributed by atoms with van der Waals surface area (Å²) in [5.41, 5.74) is 3.44. The molecule has 40 heavy (non-hydrogen) atoms. The molecular weight excluding hydrogens is 510 g/mol. The highest BCUT2D eigenvalue weighted by molar-refractivity contribution is 6.37. The van der Waals surface area contributed by atoms with Crippen LogP contribution in [-0.2, 0) is 16.0 Å². The Labute approximate surface area is 231 Å². The maximum atomic E-state index is 13.2. The van der Waals surface area contributed by atoms with E-state index in [2.05, 4.69) is 15.6 Å². The van der Waals surface area contributed by atoms with Gasteiger partial charge in [-0.3, -0.25) is 24.8 Å². The molecule has 10 heteroatoms. The van der Waals surface area contributed by atoms with Gasteiger partial charge in [-0.1, -0.05) is 42.5 Å². The van der Waals surface area contributed by atoms with Gasteiger partial charge in [0.25, 0.3) is 11.6 Å². The molecule has 3 aromatic rings. The Bertz CT molecular complexity index is 1560. The minimum Gasteiger partial charge on any atom is -0.443 e. The number of benzene rings is 3. The maximum absolute atomic E-state index is 13.2. The van der Waals surface area contributed by atoms with Crippen LogP contribution in [0, 0.1) is 10.1 Å². The number of nitro benzene ring substituents is 1. The number of amidine groups is 1. The lowest BCUT2D eigenvalue weighted by Gasteiger charge is -2.25. The molecule has 2 N–H and O–H groups in total. The maximum Gasteiger partial charge on any atom is 0.415 e. The average molecular weight is 540 g/mol. The van der Waals surface area contributed by atoms with E-state index in [0.29, 0.717) is 53.6 Å². The van der Waals surface area contributed by atoms with Crippen molar-refractivity contribution in [2.75, 3.05) is 23.7 Å². The highest BCUT2D eigenvalue weighted by Gasteiger charge is 2.31. The van der Waals surface area contributed by atoms with Gasteiger partial charge in [-0.05, 0) is 50.1 Å². The van der Waals surface area contributed by atoms with Crippen molar-refractivity contribution in [3.8, 4) is 0 Å². The number of carbonyl (C=O) groups is 2. The number of fused-ring (bicyclic) bond motifs is 1. The van der Waals surface area contributed by atoms with Gasteiger partial charge < -0.3 is 15.4 Å². The summed E-state index contributed by atoms with van der Waals surface area (Å²) in [5, 5.41) is 17.7. The number of nitrogens with zero attached hydrogens (tertiary/aromatic N) is 3. The SMILES string of the molecule is CC(C)(C)OC(=O)N1CCN=C1Cc1cccc(N/C(=C2\C(=O)Nc3ccc([N+](=O)[O-])cc32)c2ccccc2)c1. The van der Waals surface area contributed by atoms with Crippen LogP contribution in [-0.4, -0.2) is 46.3 Å². The number of nitro groups is 1. The van der Waals surface area contributed by atoms with E-state index in [1.807, 2.05) is 75.4 Å². The van der Waals surface area contributed by atoms with Gasteiger partial charge in [0, 0.05) is 35.5 Å². The molecule has 0 bridgehead atoms. The van der Waals surface area contributed by atoms with Crippen LogP contribution in [0.4, 0.5) is 21.9 Å². The summed E-state index contributed by atoms with van der Waals surface area (Å²) in [4.78, 5) is 42.9. The quantitative estimate of drug-likeness (QED) is 0.234. The second kappa shape index (κ2) is 10.6. The van der Waals surface area contributed by atoms with Gasteiger partial charge in [0.05, 0.1) is 29.3 Å². The Morgan fingerprint density at radius 2 is 1.88 bits per heavy atom. The smallest absolute Gasteiger partial charge is 0.415 e. The molecule has 5 rings (SSSR count). The number of anilines is 2. The molecule has 0 fully saturated rings. The fraction of sp³-hybridized carbons (Fsp3) is 0.233. The lowest BCUT2D eigenvalue weighted by molar-refractivity contribution is -0.384. The van der Waals surface area contributed by atoms with Crippen LogP contribution < -0.4 is 10.6 Å². The number of hydrogen-bond acceptors (Lipinski definition) is 7. The first-order chi connectivity index (χ1) is 19.1. The number of nitrogens with one attached hydrogen (secondary N) is 2. The second-order valence-corrected chi connectivity index (χ2v) is 10.5. The number of non-ortho nitro benzene ring substituents is 1. The molecule has 0 atom stereocenters. The fourth-order valence-electron chi connectivity index (χ4n) is 4.65. The van der Waals surface area contributed by atoms with Crippen LogP contribution >= 0.6 is 0 Å². The standard InChI is InChI=1S/C30H29N5O5/c1-30(2,3)40-29(37)34-15-14-31-25(34)17-19-8-7-11-21(16-19)32-27(20-9-5-4-6-10-20)26-23-18-22(35(38)39)12-13-24(23)33-28(26)36/h4-13,16,18,32H,14-15,17H2,1-3H3,(H,33,36)/b27-26-. The minimum absolute atomic E-state index is 0.103. The first-order valence-corrected chi connectivity index (χ1v) is 12.9. The van der Waals surface area contributed by atoms with Crippen molar-refractivity contribution >= 4 is 46.2 Å². The molecule has 2 aliphatic rings. The van der Waals surface area contributed by atoms with E-state index >= 15 is 0 Å².